The summed E-state index contributed by atoms with van der Waals surface area (Å²) < 4.78 is 0. The topological polar surface area (TPSA) is 94.1 Å². The third-order valence-electron chi connectivity index (χ3n) is 3.16. The molecule has 0 atom stereocenters. The van der Waals surface area contributed by atoms with Crippen LogP contribution in [0.5, 0.6) is 0 Å². The standard InChI is InChI=1S/C15H12N4O2/c16-10-2-1-3-11(8-10)18-14-4-5-15(19(20)21)13-9-17-7-6-12(13)14/h1-9,18H,16H2. The van der Waals surface area contributed by atoms with Crippen molar-refractivity contribution in [3.8, 4) is 0 Å². The number of anilines is 3. The number of nitrogens with zero attached hydrogens (tertiary/aromatic N) is 2. The van der Waals surface area contributed by atoms with Crippen LogP contribution in [-0.4, -0.2) is 9.91 Å². The summed E-state index contributed by atoms with van der Waals surface area (Å²) in [7, 11) is 0. The molecule has 0 amide bonds. The third-order valence-corrected chi connectivity index (χ3v) is 3.16. The minimum absolute atomic E-state index is 0.0382. The molecule has 0 unspecified atom stereocenters. The fourth-order valence-electron chi connectivity index (χ4n) is 2.22. The second-order valence-electron chi connectivity index (χ2n) is 4.56. The van der Waals surface area contributed by atoms with Crippen molar-refractivity contribution in [2.45, 2.75) is 0 Å². The van der Waals surface area contributed by atoms with Crippen LogP contribution in [0.4, 0.5) is 22.7 Å². The number of nitro groups is 1. The zero-order chi connectivity index (χ0) is 14.8. The number of non-ortho nitro benzene ring substituents is 1. The molecule has 0 aliphatic carbocycles. The minimum atomic E-state index is -0.408. The average molecular weight is 280 g/mol. The first-order valence-electron chi connectivity index (χ1n) is 6.29. The molecule has 6 heteroatoms. The molecule has 21 heavy (non-hydrogen) atoms. The molecule has 1 aromatic heterocycles. The van der Waals surface area contributed by atoms with Crippen LogP contribution in [0, 0.1) is 10.1 Å². The van der Waals surface area contributed by atoms with Crippen molar-refractivity contribution in [2.24, 2.45) is 0 Å². The van der Waals surface area contributed by atoms with Gasteiger partial charge in [0.15, 0.2) is 0 Å². The van der Waals surface area contributed by atoms with E-state index >= 15 is 0 Å². The van der Waals surface area contributed by atoms with Gasteiger partial charge in [-0.25, -0.2) is 0 Å². The SMILES string of the molecule is Nc1cccc(Nc2ccc([N+](=O)[O-])c3cnccc23)c1. The van der Waals surface area contributed by atoms with Crippen molar-refractivity contribution in [3.63, 3.8) is 0 Å². The van der Waals surface area contributed by atoms with Crippen LogP contribution < -0.4 is 11.1 Å². The Balaban J connectivity index is 2.12. The number of fused-ring (bicyclic) bond motifs is 1. The molecule has 2 aromatic carbocycles. The number of hydrogen-bond donors (Lipinski definition) is 2. The van der Waals surface area contributed by atoms with Gasteiger partial charge in [0.2, 0.25) is 0 Å². The van der Waals surface area contributed by atoms with Gasteiger partial charge in [-0.2, -0.15) is 0 Å². The molecule has 0 saturated carbocycles. The Morgan fingerprint density at radius 3 is 2.76 bits per heavy atom. The monoisotopic (exact) mass is 280 g/mol. The van der Waals surface area contributed by atoms with E-state index in [1.807, 2.05) is 12.1 Å². The predicted molar refractivity (Wildman–Crippen MR) is 82.5 cm³/mol. The summed E-state index contributed by atoms with van der Waals surface area (Å²) in [6.07, 6.45) is 3.11. The van der Waals surface area contributed by atoms with Crippen molar-refractivity contribution in [2.75, 3.05) is 11.1 Å². The normalized spacial score (nSPS) is 10.5. The van der Waals surface area contributed by atoms with Crippen LogP contribution in [0.3, 0.4) is 0 Å². The molecule has 0 aliphatic rings. The molecule has 3 N–H and O–H groups in total. The molecule has 0 bridgehead atoms. The minimum Gasteiger partial charge on any atom is -0.399 e. The van der Waals surface area contributed by atoms with Crippen LogP contribution in [-0.2, 0) is 0 Å². The third kappa shape index (κ3) is 2.46. The number of hydrogen-bond acceptors (Lipinski definition) is 5. The van der Waals surface area contributed by atoms with E-state index in [1.54, 1.807) is 30.5 Å². The van der Waals surface area contributed by atoms with Gasteiger partial charge in [-0.3, -0.25) is 15.1 Å². The fraction of sp³-hybridized carbons (Fsp3) is 0. The summed E-state index contributed by atoms with van der Waals surface area (Å²) in [5.74, 6) is 0. The number of pyridine rings is 1. The van der Waals surface area contributed by atoms with Gasteiger partial charge in [0, 0.05) is 40.9 Å². The first-order valence-corrected chi connectivity index (χ1v) is 6.29. The molecule has 0 saturated heterocycles. The Hall–Kier alpha value is -3.15. The first-order chi connectivity index (χ1) is 10.1. The summed E-state index contributed by atoms with van der Waals surface area (Å²) in [5, 5.41) is 15.5. The number of rotatable bonds is 3. The molecule has 0 spiro atoms. The lowest BCUT2D eigenvalue weighted by Crippen LogP contribution is -1.96. The lowest BCUT2D eigenvalue weighted by Gasteiger charge is -2.10. The van der Waals surface area contributed by atoms with Crippen molar-refractivity contribution in [1.29, 1.82) is 0 Å². The lowest BCUT2D eigenvalue weighted by molar-refractivity contribution is -0.383. The van der Waals surface area contributed by atoms with Crippen LogP contribution in [0.1, 0.15) is 0 Å². The Morgan fingerprint density at radius 1 is 1.14 bits per heavy atom. The first kappa shape index (κ1) is 12.9. The second-order valence-corrected chi connectivity index (χ2v) is 4.56. The van der Waals surface area contributed by atoms with E-state index in [1.165, 1.54) is 12.3 Å². The Bertz CT molecular complexity index is 833. The van der Waals surface area contributed by atoms with Crippen LogP contribution in [0.25, 0.3) is 10.8 Å². The number of nitrogens with two attached hydrogens (primary N) is 1. The summed E-state index contributed by atoms with van der Waals surface area (Å²) in [5.41, 5.74) is 8.02. The molecule has 104 valence electrons. The van der Waals surface area contributed by atoms with Gasteiger partial charge >= 0.3 is 0 Å². The number of nitrogens with one attached hydrogen (secondary N) is 1. The van der Waals surface area contributed by atoms with Crippen LogP contribution in [0.2, 0.25) is 0 Å². The van der Waals surface area contributed by atoms with E-state index in [2.05, 4.69) is 10.3 Å². The molecule has 1 heterocycles. The lowest BCUT2D eigenvalue weighted by atomic mass is 10.1. The van der Waals surface area contributed by atoms with E-state index < -0.39 is 4.92 Å². The van der Waals surface area contributed by atoms with Gasteiger partial charge in [0.25, 0.3) is 5.69 Å². The highest BCUT2D eigenvalue weighted by Gasteiger charge is 2.14. The fourth-order valence-corrected chi connectivity index (χ4v) is 2.22. The predicted octanol–water partition coefficient (Wildman–Crippen LogP) is 3.47. The maximum absolute atomic E-state index is 11.1. The van der Waals surface area contributed by atoms with Gasteiger partial charge < -0.3 is 11.1 Å². The van der Waals surface area contributed by atoms with Crippen LogP contribution in [0.15, 0.2) is 54.9 Å². The quantitative estimate of drug-likeness (QED) is 0.435. The van der Waals surface area contributed by atoms with Crippen molar-refractivity contribution < 1.29 is 4.92 Å². The molecular weight excluding hydrogens is 268 g/mol. The average Bonchev–Trinajstić information content (AvgIpc) is 2.47. The number of nitro benzene ring substituents is 1. The van der Waals surface area contributed by atoms with E-state index in [9.17, 15) is 10.1 Å². The Labute approximate surface area is 120 Å². The molecule has 0 aliphatic heterocycles. The van der Waals surface area contributed by atoms with Crippen molar-refractivity contribution in [3.05, 3.63) is 65.0 Å². The summed E-state index contributed by atoms with van der Waals surface area (Å²) >= 11 is 0. The van der Waals surface area contributed by atoms with Crippen molar-refractivity contribution >= 4 is 33.5 Å². The zero-order valence-corrected chi connectivity index (χ0v) is 11.0. The smallest absolute Gasteiger partial charge is 0.278 e. The summed E-state index contributed by atoms with van der Waals surface area (Å²) in [6.45, 7) is 0. The van der Waals surface area contributed by atoms with E-state index in [4.69, 9.17) is 5.73 Å². The van der Waals surface area contributed by atoms with E-state index in [-0.39, 0.29) is 5.69 Å². The molecule has 3 rings (SSSR count). The van der Waals surface area contributed by atoms with Gasteiger partial charge in [-0.1, -0.05) is 6.07 Å². The van der Waals surface area contributed by atoms with Gasteiger partial charge in [-0.05, 0) is 30.3 Å². The van der Waals surface area contributed by atoms with E-state index in [0.29, 0.717) is 11.1 Å². The largest absolute Gasteiger partial charge is 0.399 e. The molecule has 0 fully saturated rings. The van der Waals surface area contributed by atoms with Gasteiger partial charge in [0.05, 0.1) is 10.3 Å². The zero-order valence-electron chi connectivity index (χ0n) is 11.0. The highest BCUT2D eigenvalue weighted by Crippen LogP contribution is 2.32. The molecule has 6 nitrogen and oxygen atoms in total. The highest BCUT2D eigenvalue weighted by molar-refractivity contribution is 6.00. The number of nitrogen functional groups attached to an aromatic ring is 1. The maximum atomic E-state index is 11.1. The Morgan fingerprint density at radius 2 is 2.00 bits per heavy atom. The maximum Gasteiger partial charge on any atom is 0.278 e. The molecule has 0 radical (unpaired) electrons. The van der Waals surface area contributed by atoms with Gasteiger partial charge in [-0.15, -0.1) is 0 Å². The Kier molecular flexibility index (Phi) is 3.12. The van der Waals surface area contributed by atoms with E-state index in [0.717, 1.165) is 16.8 Å². The summed E-state index contributed by atoms with van der Waals surface area (Å²) in [6, 6.07) is 12.2. The highest BCUT2D eigenvalue weighted by atomic mass is 16.6. The van der Waals surface area contributed by atoms with Crippen molar-refractivity contribution in [1.82, 2.24) is 4.98 Å². The van der Waals surface area contributed by atoms with Crippen LogP contribution >= 0.6 is 0 Å². The molecule has 3 aromatic rings. The van der Waals surface area contributed by atoms with Gasteiger partial charge in [0.1, 0.15) is 0 Å². The second kappa shape index (κ2) is 5.09. The number of aromatic nitrogens is 1. The molecular formula is C15H12N4O2. The summed E-state index contributed by atoms with van der Waals surface area (Å²) in [4.78, 5) is 14.6. The number of benzene rings is 2.